The number of aliphatic hydroxyl groups is 1. The molecule has 0 aliphatic heterocycles. The largest absolute Gasteiger partial charge is 0.391 e. The summed E-state index contributed by atoms with van der Waals surface area (Å²) >= 11 is 3.32. The van der Waals surface area contributed by atoms with Crippen molar-refractivity contribution in [2.24, 2.45) is 11.8 Å². The average molecular weight is 304 g/mol. The molecule has 6 nitrogen and oxygen atoms in total. The van der Waals surface area contributed by atoms with E-state index in [0.29, 0.717) is 24.2 Å². The third kappa shape index (κ3) is 4.84. The van der Waals surface area contributed by atoms with Gasteiger partial charge in [-0.15, -0.1) is 0 Å². The van der Waals surface area contributed by atoms with E-state index in [1.54, 1.807) is 6.20 Å². The van der Waals surface area contributed by atoms with Gasteiger partial charge in [-0.25, -0.2) is 10.8 Å². The highest BCUT2D eigenvalue weighted by Gasteiger charge is 2.09. The molecule has 0 bridgehead atoms. The lowest BCUT2D eigenvalue weighted by Gasteiger charge is -2.15. The van der Waals surface area contributed by atoms with E-state index in [0.717, 1.165) is 10.9 Å². The minimum Gasteiger partial charge on any atom is -0.391 e. The first-order valence-electron chi connectivity index (χ1n) is 5.44. The molecule has 0 aliphatic rings. The van der Waals surface area contributed by atoms with Crippen molar-refractivity contribution in [3.8, 4) is 0 Å². The summed E-state index contributed by atoms with van der Waals surface area (Å²) in [6.07, 6.45) is 1.95. The van der Waals surface area contributed by atoms with Gasteiger partial charge in [0.05, 0.1) is 10.6 Å². The van der Waals surface area contributed by atoms with Gasteiger partial charge in [0.1, 0.15) is 5.82 Å². The second-order valence-corrected chi connectivity index (χ2v) is 5.05. The van der Waals surface area contributed by atoms with E-state index in [9.17, 15) is 5.11 Å². The minimum atomic E-state index is -0.397. The number of aromatic nitrogens is 2. The number of halogens is 1. The third-order valence-electron chi connectivity index (χ3n) is 2.12. The summed E-state index contributed by atoms with van der Waals surface area (Å²) in [6.45, 7) is 4.58. The van der Waals surface area contributed by atoms with Crippen LogP contribution in [0.2, 0.25) is 0 Å². The van der Waals surface area contributed by atoms with E-state index in [4.69, 9.17) is 5.84 Å². The summed E-state index contributed by atoms with van der Waals surface area (Å²) in [4.78, 5) is 8.06. The first kappa shape index (κ1) is 14.1. The number of nitrogens with zero attached hydrogens (tertiary/aromatic N) is 2. The van der Waals surface area contributed by atoms with Crippen LogP contribution >= 0.6 is 15.9 Å². The van der Waals surface area contributed by atoms with Gasteiger partial charge in [0.15, 0.2) is 0 Å². The monoisotopic (exact) mass is 303 g/mol. The van der Waals surface area contributed by atoms with Crippen LogP contribution in [0.4, 0.5) is 11.8 Å². The Labute approximate surface area is 109 Å². The molecule has 5 N–H and O–H groups in total. The third-order valence-corrected chi connectivity index (χ3v) is 2.70. The fourth-order valence-electron chi connectivity index (χ4n) is 1.40. The van der Waals surface area contributed by atoms with Gasteiger partial charge < -0.3 is 10.4 Å². The maximum atomic E-state index is 9.74. The average Bonchev–Trinajstić information content (AvgIpc) is 2.27. The second kappa shape index (κ2) is 6.73. The maximum absolute atomic E-state index is 9.74. The molecule has 1 unspecified atom stereocenters. The Balaban J connectivity index is 2.56. The molecule has 17 heavy (non-hydrogen) atoms. The van der Waals surface area contributed by atoms with Gasteiger partial charge in [0.2, 0.25) is 5.95 Å². The van der Waals surface area contributed by atoms with E-state index in [2.05, 4.69) is 50.5 Å². The van der Waals surface area contributed by atoms with E-state index in [1.807, 2.05) is 0 Å². The Hall–Kier alpha value is -0.920. The first-order chi connectivity index (χ1) is 8.02. The van der Waals surface area contributed by atoms with Gasteiger partial charge >= 0.3 is 0 Å². The van der Waals surface area contributed by atoms with Crippen molar-refractivity contribution < 1.29 is 5.11 Å². The Morgan fingerprint density at radius 2 is 2.24 bits per heavy atom. The Morgan fingerprint density at radius 3 is 2.82 bits per heavy atom. The summed E-state index contributed by atoms with van der Waals surface area (Å²) in [6, 6.07) is 0. The first-order valence-corrected chi connectivity index (χ1v) is 6.23. The Bertz CT molecular complexity index is 361. The summed E-state index contributed by atoms with van der Waals surface area (Å²) in [7, 11) is 0. The topological polar surface area (TPSA) is 96.1 Å². The summed E-state index contributed by atoms with van der Waals surface area (Å²) in [5.74, 6) is 6.62. The number of hydrogen-bond donors (Lipinski definition) is 4. The summed E-state index contributed by atoms with van der Waals surface area (Å²) in [5.41, 5.74) is 2.37. The second-order valence-electron chi connectivity index (χ2n) is 4.20. The van der Waals surface area contributed by atoms with Crippen LogP contribution < -0.4 is 16.6 Å². The number of rotatable bonds is 6. The molecular weight excluding hydrogens is 286 g/mol. The van der Waals surface area contributed by atoms with Gasteiger partial charge in [0.25, 0.3) is 0 Å². The minimum absolute atomic E-state index is 0.328. The lowest BCUT2D eigenvalue weighted by molar-refractivity contribution is 0.161. The van der Waals surface area contributed by atoms with Crippen molar-refractivity contribution in [3.63, 3.8) is 0 Å². The predicted octanol–water partition coefficient (Wildman–Crippen LogP) is 1.34. The Morgan fingerprint density at radius 1 is 1.53 bits per heavy atom. The summed E-state index contributed by atoms with van der Waals surface area (Å²) < 4.78 is 0.730. The Kier molecular flexibility index (Phi) is 5.60. The highest BCUT2D eigenvalue weighted by molar-refractivity contribution is 9.10. The molecule has 96 valence electrons. The highest BCUT2D eigenvalue weighted by atomic mass is 79.9. The molecule has 0 aromatic carbocycles. The van der Waals surface area contributed by atoms with Crippen molar-refractivity contribution >= 4 is 27.7 Å². The SMILES string of the molecule is CC(C)CC(O)CNc1nc(NN)ncc1Br. The summed E-state index contributed by atoms with van der Waals surface area (Å²) in [5, 5.41) is 12.8. The van der Waals surface area contributed by atoms with E-state index in [-0.39, 0.29) is 0 Å². The maximum Gasteiger partial charge on any atom is 0.239 e. The number of nitrogens with one attached hydrogen (secondary N) is 2. The van der Waals surface area contributed by atoms with Crippen LogP contribution in [0.1, 0.15) is 20.3 Å². The van der Waals surface area contributed by atoms with Gasteiger partial charge in [-0.05, 0) is 28.3 Å². The molecule has 0 fully saturated rings. The molecule has 0 saturated heterocycles. The number of aliphatic hydroxyl groups excluding tert-OH is 1. The molecule has 0 spiro atoms. The lowest BCUT2D eigenvalue weighted by atomic mass is 10.1. The van der Waals surface area contributed by atoms with Gasteiger partial charge in [-0.3, -0.25) is 5.43 Å². The number of hydrogen-bond acceptors (Lipinski definition) is 6. The zero-order valence-electron chi connectivity index (χ0n) is 9.94. The fourth-order valence-corrected chi connectivity index (χ4v) is 1.73. The van der Waals surface area contributed by atoms with Crippen LogP contribution in [0.15, 0.2) is 10.7 Å². The molecule has 1 aromatic rings. The molecular formula is C10H18BrN5O. The van der Waals surface area contributed by atoms with Gasteiger partial charge in [-0.1, -0.05) is 13.8 Å². The predicted molar refractivity (Wildman–Crippen MR) is 71.5 cm³/mol. The fraction of sp³-hybridized carbons (Fsp3) is 0.600. The van der Waals surface area contributed by atoms with Crippen LogP contribution in [-0.4, -0.2) is 27.7 Å². The molecule has 7 heteroatoms. The normalized spacial score (nSPS) is 12.6. The number of nitrogens with two attached hydrogens (primary N) is 1. The lowest BCUT2D eigenvalue weighted by Crippen LogP contribution is -2.22. The van der Waals surface area contributed by atoms with Crippen LogP contribution in [0.5, 0.6) is 0 Å². The molecule has 0 amide bonds. The highest BCUT2D eigenvalue weighted by Crippen LogP contribution is 2.20. The van der Waals surface area contributed by atoms with Crippen molar-refractivity contribution in [2.75, 3.05) is 17.3 Å². The van der Waals surface area contributed by atoms with E-state index >= 15 is 0 Å². The van der Waals surface area contributed by atoms with Crippen molar-refractivity contribution in [2.45, 2.75) is 26.4 Å². The smallest absolute Gasteiger partial charge is 0.239 e. The van der Waals surface area contributed by atoms with Crippen LogP contribution in [-0.2, 0) is 0 Å². The zero-order valence-corrected chi connectivity index (χ0v) is 11.5. The molecule has 0 saturated carbocycles. The van der Waals surface area contributed by atoms with Crippen molar-refractivity contribution in [3.05, 3.63) is 10.7 Å². The molecule has 1 aromatic heterocycles. The van der Waals surface area contributed by atoms with Crippen molar-refractivity contribution in [1.82, 2.24) is 9.97 Å². The van der Waals surface area contributed by atoms with E-state index in [1.165, 1.54) is 0 Å². The standard InChI is InChI=1S/C10H18BrN5O/c1-6(2)3-7(17)4-13-9-8(11)5-14-10(15-9)16-12/h5-7,17H,3-4,12H2,1-2H3,(H2,13,14,15,16). The zero-order chi connectivity index (χ0) is 12.8. The van der Waals surface area contributed by atoms with Crippen LogP contribution in [0, 0.1) is 5.92 Å². The quantitative estimate of drug-likeness (QED) is 0.468. The van der Waals surface area contributed by atoms with Crippen molar-refractivity contribution in [1.29, 1.82) is 0 Å². The molecule has 0 radical (unpaired) electrons. The van der Waals surface area contributed by atoms with Crippen LogP contribution in [0.3, 0.4) is 0 Å². The molecule has 1 atom stereocenters. The van der Waals surface area contributed by atoms with E-state index < -0.39 is 6.10 Å². The molecule has 1 rings (SSSR count). The molecule has 1 heterocycles. The van der Waals surface area contributed by atoms with Gasteiger partial charge in [0, 0.05) is 12.7 Å². The molecule has 0 aliphatic carbocycles. The number of anilines is 2. The number of hydrazine groups is 1. The van der Waals surface area contributed by atoms with Crippen LogP contribution in [0.25, 0.3) is 0 Å². The van der Waals surface area contributed by atoms with Gasteiger partial charge in [-0.2, -0.15) is 4.98 Å². The number of nitrogen functional groups attached to an aromatic ring is 1.